The fourth-order valence-corrected chi connectivity index (χ4v) is 2.69. The number of fused-ring (bicyclic) bond motifs is 1. The van der Waals surface area contributed by atoms with E-state index in [-0.39, 0.29) is 0 Å². The van der Waals surface area contributed by atoms with Crippen LogP contribution in [-0.2, 0) is 0 Å². The lowest BCUT2D eigenvalue weighted by atomic mass is 10.2. The van der Waals surface area contributed by atoms with Crippen molar-refractivity contribution in [2.24, 2.45) is 0 Å². The number of halogens is 2. The minimum Gasteiger partial charge on any atom is -0.497 e. The first kappa shape index (κ1) is 12.7. The molecule has 0 amide bonds. The molecule has 2 aromatic carbocycles. The van der Waals surface area contributed by atoms with Crippen LogP contribution in [-0.4, -0.2) is 17.1 Å². The van der Waals surface area contributed by atoms with Gasteiger partial charge in [0.25, 0.3) is 0 Å². The first-order chi connectivity index (χ1) is 9.17. The van der Waals surface area contributed by atoms with E-state index < -0.39 is 0 Å². The van der Waals surface area contributed by atoms with Gasteiger partial charge < -0.3 is 9.72 Å². The van der Waals surface area contributed by atoms with E-state index in [0.29, 0.717) is 5.02 Å². The summed E-state index contributed by atoms with van der Waals surface area (Å²) in [7, 11) is 1.65. The Morgan fingerprint density at radius 1 is 1.21 bits per heavy atom. The Morgan fingerprint density at radius 2 is 2.05 bits per heavy atom. The van der Waals surface area contributed by atoms with Crippen LogP contribution in [0.2, 0.25) is 5.02 Å². The molecule has 0 atom stereocenters. The molecule has 3 aromatic rings. The average Bonchev–Trinajstić information content (AvgIpc) is 2.83. The summed E-state index contributed by atoms with van der Waals surface area (Å²) in [6.45, 7) is 0. The predicted molar refractivity (Wildman–Crippen MR) is 85.8 cm³/mol. The second kappa shape index (κ2) is 5.02. The van der Waals surface area contributed by atoms with E-state index in [1.807, 2.05) is 36.4 Å². The molecule has 1 heterocycles. The van der Waals surface area contributed by atoms with Crippen LogP contribution in [0.25, 0.3) is 22.4 Å². The largest absolute Gasteiger partial charge is 0.497 e. The SMILES string of the molecule is COc1ccc2nc(-c3cc(Cl)ccc3I)[nH]c2c1. The minimum atomic E-state index is 0.702. The molecule has 0 fully saturated rings. The molecule has 3 nitrogen and oxygen atoms in total. The van der Waals surface area contributed by atoms with Gasteiger partial charge in [-0.15, -0.1) is 0 Å². The number of imidazole rings is 1. The molecular formula is C14H10ClIN2O. The van der Waals surface area contributed by atoms with E-state index in [0.717, 1.165) is 31.7 Å². The van der Waals surface area contributed by atoms with E-state index in [1.165, 1.54) is 0 Å². The predicted octanol–water partition coefficient (Wildman–Crippen LogP) is 4.50. The van der Waals surface area contributed by atoms with Crippen LogP contribution in [0.3, 0.4) is 0 Å². The Labute approximate surface area is 129 Å². The number of nitrogens with zero attached hydrogens (tertiary/aromatic N) is 1. The first-order valence-corrected chi connectivity index (χ1v) is 7.12. The highest BCUT2D eigenvalue weighted by Gasteiger charge is 2.09. The number of aromatic nitrogens is 2. The molecule has 0 unspecified atom stereocenters. The number of ether oxygens (including phenoxy) is 1. The Morgan fingerprint density at radius 3 is 2.84 bits per heavy atom. The zero-order valence-corrected chi connectivity index (χ0v) is 13.0. The number of aromatic amines is 1. The third kappa shape index (κ3) is 2.42. The summed E-state index contributed by atoms with van der Waals surface area (Å²) in [4.78, 5) is 7.89. The van der Waals surface area contributed by atoms with Crippen LogP contribution in [0.15, 0.2) is 36.4 Å². The molecule has 0 radical (unpaired) electrons. The third-order valence-corrected chi connectivity index (χ3v) is 4.05. The first-order valence-electron chi connectivity index (χ1n) is 5.66. The summed E-state index contributed by atoms with van der Waals surface area (Å²) in [6, 6.07) is 11.5. The maximum atomic E-state index is 6.05. The zero-order valence-electron chi connectivity index (χ0n) is 10.1. The molecule has 1 aromatic heterocycles. The highest BCUT2D eigenvalue weighted by atomic mass is 127. The molecule has 0 saturated carbocycles. The van der Waals surface area contributed by atoms with Gasteiger partial charge in [-0.3, -0.25) is 0 Å². The zero-order chi connectivity index (χ0) is 13.4. The highest BCUT2D eigenvalue weighted by Crippen LogP contribution is 2.28. The number of benzene rings is 2. The molecule has 0 saturated heterocycles. The maximum Gasteiger partial charge on any atom is 0.139 e. The van der Waals surface area contributed by atoms with E-state index in [4.69, 9.17) is 16.3 Å². The monoisotopic (exact) mass is 384 g/mol. The second-order valence-electron chi connectivity index (χ2n) is 4.09. The van der Waals surface area contributed by atoms with Gasteiger partial charge in [-0.25, -0.2) is 4.98 Å². The van der Waals surface area contributed by atoms with E-state index in [1.54, 1.807) is 7.11 Å². The van der Waals surface area contributed by atoms with Gasteiger partial charge in [0.2, 0.25) is 0 Å². The van der Waals surface area contributed by atoms with Gasteiger partial charge in [-0.1, -0.05) is 11.6 Å². The third-order valence-electron chi connectivity index (χ3n) is 2.87. The van der Waals surface area contributed by atoms with Crippen molar-refractivity contribution < 1.29 is 4.74 Å². The molecule has 0 spiro atoms. The quantitative estimate of drug-likeness (QED) is 0.661. The molecule has 0 bridgehead atoms. The molecule has 0 aliphatic carbocycles. The minimum absolute atomic E-state index is 0.702. The Bertz CT molecular complexity index is 754. The Kier molecular flexibility index (Phi) is 3.36. The second-order valence-corrected chi connectivity index (χ2v) is 5.69. The maximum absolute atomic E-state index is 6.05. The molecule has 0 aliphatic rings. The molecule has 96 valence electrons. The lowest BCUT2D eigenvalue weighted by Crippen LogP contribution is -1.84. The Hall–Kier alpha value is -1.27. The van der Waals surface area contributed by atoms with Crippen molar-refractivity contribution in [1.82, 2.24) is 9.97 Å². The normalized spacial score (nSPS) is 10.9. The van der Waals surface area contributed by atoms with Crippen molar-refractivity contribution >= 4 is 45.2 Å². The summed E-state index contributed by atoms with van der Waals surface area (Å²) >= 11 is 8.32. The van der Waals surface area contributed by atoms with Crippen LogP contribution in [0.1, 0.15) is 0 Å². The number of H-pyrrole nitrogens is 1. The smallest absolute Gasteiger partial charge is 0.139 e. The lowest BCUT2D eigenvalue weighted by molar-refractivity contribution is 0.415. The summed E-state index contributed by atoms with van der Waals surface area (Å²) in [5, 5.41) is 0.702. The highest BCUT2D eigenvalue weighted by molar-refractivity contribution is 14.1. The van der Waals surface area contributed by atoms with Gasteiger partial charge in [0, 0.05) is 20.2 Å². The van der Waals surface area contributed by atoms with Gasteiger partial charge in [0.1, 0.15) is 11.6 Å². The van der Waals surface area contributed by atoms with Crippen molar-refractivity contribution in [3.8, 4) is 17.1 Å². The molecule has 3 rings (SSSR count). The number of nitrogens with one attached hydrogen (secondary N) is 1. The van der Waals surface area contributed by atoms with Crippen LogP contribution in [0, 0.1) is 3.57 Å². The van der Waals surface area contributed by atoms with E-state index in [9.17, 15) is 0 Å². The summed E-state index contributed by atoms with van der Waals surface area (Å²) < 4.78 is 6.31. The van der Waals surface area contributed by atoms with Crippen LogP contribution in [0.4, 0.5) is 0 Å². The number of methoxy groups -OCH3 is 1. The molecule has 5 heteroatoms. The van der Waals surface area contributed by atoms with Crippen molar-refractivity contribution in [3.05, 3.63) is 45.0 Å². The van der Waals surface area contributed by atoms with E-state index in [2.05, 4.69) is 32.6 Å². The van der Waals surface area contributed by atoms with Crippen LogP contribution < -0.4 is 4.74 Å². The fraction of sp³-hybridized carbons (Fsp3) is 0.0714. The number of hydrogen-bond acceptors (Lipinski definition) is 2. The van der Waals surface area contributed by atoms with Crippen molar-refractivity contribution in [2.45, 2.75) is 0 Å². The van der Waals surface area contributed by atoms with Gasteiger partial charge >= 0.3 is 0 Å². The topological polar surface area (TPSA) is 37.9 Å². The van der Waals surface area contributed by atoms with Gasteiger partial charge in [-0.05, 0) is 52.9 Å². The molecular weight excluding hydrogens is 375 g/mol. The van der Waals surface area contributed by atoms with Gasteiger partial charge in [0.15, 0.2) is 0 Å². The fourth-order valence-electron chi connectivity index (χ4n) is 1.92. The van der Waals surface area contributed by atoms with Crippen molar-refractivity contribution in [2.75, 3.05) is 7.11 Å². The van der Waals surface area contributed by atoms with Gasteiger partial charge in [0.05, 0.1) is 18.1 Å². The van der Waals surface area contributed by atoms with Gasteiger partial charge in [-0.2, -0.15) is 0 Å². The Balaban J connectivity index is 2.17. The number of rotatable bonds is 2. The van der Waals surface area contributed by atoms with Crippen LogP contribution in [0.5, 0.6) is 5.75 Å². The van der Waals surface area contributed by atoms with Crippen molar-refractivity contribution in [1.29, 1.82) is 0 Å². The molecule has 19 heavy (non-hydrogen) atoms. The standard InChI is InChI=1S/C14H10ClIN2O/c1-19-9-3-5-12-13(7-9)18-14(17-12)10-6-8(15)2-4-11(10)16/h2-7H,1H3,(H,17,18). The summed E-state index contributed by atoms with van der Waals surface area (Å²) in [5.74, 6) is 1.62. The average molecular weight is 385 g/mol. The molecule has 1 N–H and O–H groups in total. The number of hydrogen-bond donors (Lipinski definition) is 1. The molecule has 0 aliphatic heterocycles. The summed E-state index contributed by atoms with van der Waals surface area (Å²) in [5.41, 5.74) is 2.86. The lowest BCUT2D eigenvalue weighted by Gasteiger charge is -2.01. The van der Waals surface area contributed by atoms with Crippen molar-refractivity contribution in [3.63, 3.8) is 0 Å². The summed E-state index contributed by atoms with van der Waals surface area (Å²) in [6.07, 6.45) is 0. The van der Waals surface area contributed by atoms with Crippen LogP contribution >= 0.6 is 34.2 Å². The van der Waals surface area contributed by atoms with E-state index >= 15 is 0 Å².